The molecule has 2 aromatic rings. The highest BCUT2D eigenvalue weighted by Crippen LogP contribution is 2.51. The van der Waals surface area contributed by atoms with E-state index < -0.39 is 11.7 Å². The van der Waals surface area contributed by atoms with Crippen molar-refractivity contribution >= 4 is 5.78 Å². The van der Waals surface area contributed by atoms with Gasteiger partial charge in [-0.05, 0) is 52.7 Å². The number of aromatic hydroxyl groups is 3. The molecular weight excluding hydrogens is 396 g/mol. The molecule has 0 saturated carbocycles. The average molecular weight is 424 g/mol. The number of Topliss-reactive ketones (excluding diaryl/α,β-unsaturated/α-hetero) is 1. The van der Waals surface area contributed by atoms with Crippen molar-refractivity contribution in [2.24, 2.45) is 5.92 Å². The molecule has 2 aliphatic heterocycles. The molecule has 0 spiro atoms. The number of allylic oxidation sites excluding steroid dienone is 2. The van der Waals surface area contributed by atoms with E-state index in [2.05, 4.69) is 19.9 Å². The van der Waals surface area contributed by atoms with Crippen LogP contribution in [0.25, 0.3) is 0 Å². The van der Waals surface area contributed by atoms with Crippen LogP contribution in [0.5, 0.6) is 28.7 Å². The topological polar surface area (TPSA) is 96.2 Å². The van der Waals surface area contributed by atoms with Gasteiger partial charge in [-0.25, -0.2) is 0 Å². The maximum atomic E-state index is 13.0. The van der Waals surface area contributed by atoms with E-state index in [0.29, 0.717) is 12.2 Å². The molecule has 0 aromatic heterocycles. The number of ketones is 1. The SMILES string of the molecule is CC(C)=CCC1Cc2c(cc(O)c3c2OC(c2c(O)cccc2O)CC3=O)OC1(C)C. The summed E-state index contributed by atoms with van der Waals surface area (Å²) in [6.45, 7) is 8.14. The second kappa shape index (κ2) is 7.52. The predicted octanol–water partition coefficient (Wildman–Crippen LogP) is 5.20. The van der Waals surface area contributed by atoms with E-state index in [4.69, 9.17) is 9.47 Å². The number of carbonyl (C=O) groups excluding carboxylic acids is 1. The lowest BCUT2D eigenvalue weighted by molar-refractivity contribution is 0.0255. The summed E-state index contributed by atoms with van der Waals surface area (Å²) in [6.07, 6.45) is 2.63. The summed E-state index contributed by atoms with van der Waals surface area (Å²) in [6, 6.07) is 5.89. The first-order valence-electron chi connectivity index (χ1n) is 10.5. The number of ether oxygens (including phenoxy) is 2. The molecule has 2 atom stereocenters. The summed E-state index contributed by atoms with van der Waals surface area (Å²) >= 11 is 0. The standard InChI is InChI=1S/C25H28O6/c1-13(2)8-9-14-10-15-20(31-25(14,3)4)11-18(28)23-19(29)12-21(30-24(15)23)22-16(26)6-5-7-17(22)27/h5-8,11,14,21,26-28H,9-10,12H2,1-4H3. The third-order valence-electron chi connectivity index (χ3n) is 6.23. The van der Waals surface area contributed by atoms with E-state index in [1.165, 1.54) is 29.8 Å². The van der Waals surface area contributed by atoms with Gasteiger partial charge in [0.15, 0.2) is 5.78 Å². The Morgan fingerprint density at radius 2 is 1.81 bits per heavy atom. The molecule has 6 nitrogen and oxygen atoms in total. The minimum Gasteiger partial charge on any atom is -0.507 e. The minimum absolute atomic E-state index is 0.0992. The Kier molecular flexibility index (Phi) is 5.12. The molecule has 0 fully saturated rings. The van der Waals surface area contributed by atoms with Crippen LogP contribution in [-0.4, -0.2) is 26.7 Å². The quantitative estimate of drug-likeness (QED) is 0.587. The van der Waals surface area contributed by atoms with Crippen molar-refractivity contribution in [2.45, 2.75) is 58.7 Å². The highest BCUT2D eigenvalue weighted by Gasteiger charge is 2.42. The summed E-state index contributed by atoms with van der Waals surface area (Å²) < 4.78 is 12.4. The molecule has 4 rings (SSSR count). The number of hydrogen-bond donors (Lipinski definition) is 3. The number of carbonyl (C=O) groups is 1. The van der Waals surface area contributed by atoms with Crippen molar-refractivity contribution in [1.82, 2.24) is 0 Å². The summed E-state index contributed by atoms with van der Waals surface area (Å²) in [4.78, 5) is 13.0. The smallest absolute Gasteiger partial charge is 0.174 e. The Morgan fingerprint density at radius 3 is 2.45 bits per heavy atom. The van der Waals surface area contributed by atoms with Crippen molar-refractivity contribution in [2.75, 3.05) is 0 Å². The highest BCUT2D eigenvalue weighted by atomic mass is 16.5. The Balaban J connectivity index is 1.80. The lowest BCUT2D eigenvalue weighted by atomic mass is 9.78. The first kappa shape index (κ1) is 21.1. The Hall–Kier alpha value is -3.15. The van der Waals surface area contributed by atoms with Gasteiger partial charge in [0.05, 0.1) is 12.0 Å². The summed E-state index contributed by atoms with van der Waals surface area (Å²) in [7, 11) is 0. The number of phenols is 3. The van der Waals surface area contributed by atoms with Gasteiger partial charge in [0.25, 0.3) is 0 Å². The van der Waals surface area contributed by atoms with E-state index in [1.54, 1.807) is 0 Å². The number of phenolic OH excluding ortho intramolecular Hbond substituents is 3. The lowest BCUT2D eigenvalue weighted by Crippen LogP contribution is -2.42. The Morgan fingerprint density at radius 1 is 1.13 bits per heavy atom. The van der Waals surface area contributed by atoms with Gasteiger partial charge < -0.3 is 24.8 Å². The zero-order chi connectivity index (χ0) is 22.5. The van der Waals surface area contributed by atoms with Gasteiger partial charge in [-0.1, -0.05) is 17.7 Å². The lowest BCUT2D eigenvalue weighted by Gasteiger charge is -2.41. The molecule has 2 aliphatic rings. The van der Waals surface area contributed by atoms with Gasteiger partial charge in [-0.3, -0.25) is 4.79 Å². The highest BCUT2D eigenvalue weighted by molar-refractivity contribution is 6.03. The fraction of sp³-hybridized carbons (Fsp3) is 0.400. The van der Waals surface area contributed by atoms with E-state index in [9.17, 15) is 20.1 Å². The van der Waals surface area contributed by atoms with E-state index in [-0.39, 0.29) is 52.2 Å². The van der Waals surface area contributed by atoms with Gasteiger partial charge in [0.1, 0.15) is 46.0 Å². The van der Waals surface area contributed by atoms with Crippen LogP contribution in [0.2, 0.25) is 0 Å². The summed E-state index contributed by atoms with van der Waals surface area (Å²) in [5.74, 6) is 0.128. The fourth-order valence-electron chi connectivity index (χ4n) is 4.44. The summed E-state index contributed by atoms with van der Waals surface area (Å²) in [5.41, 5.74) is 1.78. The van der Waals surface area contributed by atoms with E-state index >= 15 is 0 Å². The molecule has 2 unspecified atom stereocenters. The molecule has 6 heteroatoms. The second-order valence-electron chi connectivity index (χ2n) is 9.14. The zero-order valence-corrected chi connectivity index (χ0v) is 18.2. The van der Waals surface area contributed by atoms with Gasteiger partial charge in [0, 0.05) is 17.5 Å². The van der Waals surface area contributed by atoms with Crippen molar-refractivity contribution in [3.8, 4) is 28.7 Å². The molecule has 2 heterocycles. The van der Waals surface area contributed by atoms with Crippen molar-refractivity contribution in [3.05, 3.63) is 52.6 Å². The molecule has 2 aromatic carbocycles. The number of hydrogen-bond acceptors (Lipinski definition) is 6. The number of benzene rings is 2. The summed E-state index contributed by atoms with van der Waals surface area (Å²) in [5, 5.41) is 31.1. The molecule has 0 aliphatic carbocycles. The van der Waals surface area contributed by atoms with Crippen LogP contribution in [0.4, 0.5) is 0 Å². The molecule has 3 N–H and O–H groups in total. The van der Waals surface area contributed by atoms with Crippen LogP contribution in [0.3, 0.4) is 0 Å². The molecule has 0 amide bonds. The predicted molar refractivity (Wildman–Crippen MR) is 116 cm³/mol. The molecule has 164 valence electrons. The molecular formula is C25H28O6. The van der Waals surface area contributed by atoms with E-state index in [0.717, 1.165) is 12.0 Å². The maximum absolute atomic E-state index is 13.0. The van der Waals surface area contributed by atoms with Crippen LogP contribution in [0.1, 0.15) is 68.1 Å². The Labute approximate surface area is 181 Å². The molecule has 0 saturated heterocycles. The normalized spacial score (nSPS) is 21.4. The number of rotatable bonds is 3. The van der Waals surface area contributed by atoms with Crippen molar-refractivity contribution < 1.29 is 29.6 Å². The van der Waals surface area contributed by atoms with Crippen LogP contribution < -0.4 is 9.47 Å². The molecule has 0 radical (unpaired) electrons. The second-order valence-corrected chi connectivity index (χ2v) is 9.14. The molecule has 0 bridgehead atoms. The van der Waals surface area contributed by atoms with E-state index in [1.807, 2.05) is 13.8 Å². The van der Waals surface area contributed by atoms with Crippen LogP contribution in [-0.2, 0) is 6.42 Å². The van der Waals surface area contributed by atoms with Crippen molar-refractivity contribution in [3.63, 3.8) is 0 Å². The van der Waals surface area contributed by atoms with Gasteiger partial charge in [-0.2, -0.15) is 0 Å². The largest absolute Gasteiger partial charge is 0.507 e. The van der Waals surface area contributed by atoms with Crippen LogP contribution in [0.15, 0.2) is 35.9 Å². The monoisotopic (exact) mass is 424 g/mol. The molecule has 31 heavy (non-hydrogen) atoms. The Bertz CT molecular complexity index is 1060. The van der Waals surface area contributed by atoms with Gasteiger partial charge in [-0.15, -0.1) is 0 Å². The van der Waals surface area contributed by atoms with Gasteiger partial charge in [0.2, 0.25) is 0 Å². The van der Waals surface area contributed by atoms with Crippen molar-refractivity contribution in [1.29, 1.82) is 0 Å². The average Bonchev–Trinajstić information content (AvgIpc) is 2.65. The number of fused-ring (bicyclic) bond motifs is 3. The van der Waals surface area contributed by atoms with Crippen LogP contribution in [0, 0.1) is 5.92 Å². The van der Waals surface area contributed by atoms with Crippen LogP contribution >= 0.6 is 0 Å². The maximum Gasteiger partial charge on any atom is 0.174 e. The first-order valence-corrected chi connectivity index (χ1v) is 10.5. The third-order valence-corrected chi connectivity index (χ3v) is 6.23. The zero-order valence-electron chi connectivity index (χ0n) is 18.2. The minimum atomic E-state index is -0.863. The first-order chi connectivity index (χ1) is 14.6. The van der Waals surface area contributed by atoms with Gasteiger partial charge >= 0.3 is 0 Å². The fourth-order valence-corrected chi connectivity index (χ4v) is 4.44. The third kappa shape index (κ3) is 3.71.